The van der Waals surface area contributed by atoms with E-state index in [1.165, 1.54) is 6.07 Å². The summed E-state index contributed by atoms with van der Waals surface area (Å²) in [6, 6.07) is 10.4. The maximum absolute atomic E-state index is 12.1. The minimum atomic E-state index is -0.504. The highest BCUT2D eigenvalue weighted by Crippen LogP contribution is 2.28. The number of nitro groups is 1. The van der Waals surface area contributed by atoms with E-state index in [0.29, 0.717) is 10.8 Å². The molecule has 3 rings (SSSR count). The van der Waals surface area contributed by atoms with E-state index in [0.717, 1.165) is 28.4 Å². The summed E-state index contributed by atoms with van der Waals surface area (Å²) >= 11 is 1.14. The molecular formula is C17H15N3O4S. The zero-order valence-electron chi connectivity index (χ0n) is 13.6. The molecule has 0 aliphatic rings. The second-order valence-corrected chi connectivity index (χ2v) is 6.42. The Kier molecular flexibility index (Phi) is 4.71. The molecule has 0 spiro atoms. The number of amides is 1. The highest BCUT2D eigenvalue weighted by atomic mass is 32.2. The van der Waals surface area contributed by atoms with Gasteiger partial charge in [0.05, 0.1) is 10.7 Å². The first-order chi connectivity index (χ1) is 11.9. The number of nitro benzene ring substituents is 1. The predicted molar refractivity (Wildman–Crippen MR) is 95.9 cm³/mol. The van der Waals surface area contributed by atoms with Crippen molar-refractivity contribution in [3.63, 3.8) is 0 Å². The van der Waals surface area contributed by atoms with Crippen molar-refractivity contribution in [3.05, 3.63) is 57.6 Å². The molecule has 0 saturated carbocycles. The van der Waals surface area contributed by atoms with Crippen molar-refractivity contribution in [3.8, 4) is 0 Å². The van der Waals surface area contributed by atoms with E-state index in [9.17, 15) is 14.9 Å². The van der Waals surface area contributed by atoms with E-state index >= 15 is 0 Å². The molecule has 25 heavy (non-hydrogen) atoms. The van der Waals surface area contributed by atoms with Gasteiger partial charge in [0.2, 0.25) is 5.91 Å². The Labute approximate surface area is 147 Å². The fraction of sp³-hybridized carbons (Fsp3) is 0.176. The minimum Gasteiger partial charge on any atom is -0.431 e. The Morgan fingerprint density at radius 2 is 2.00 bits per heavy atom. The molecule has 0 unspecified atom stereocenters. The molecule has 128 valence electrons. The molecule has 0 aliphatic carbocycles. The normalized spacial score (nSPS) is 10.8. The fourth-order valence-electron chi connectivity index (χ4n) is 2.28. The molecule has 8 heteroatoms. The number of anilines is 1. The second-order valence-electron chi connectivity index (χ2n) is 5.50. The van der Waals surface area contributed by atoms with Gasteiger partial charge in [-0.3, -0.25) is 14.9 Å². The van der Waals surface area contributed by atoms with Gasteiger partial charge in [0.15, 0.2) is 5.58 Å². The lowest BCUT2D eigenvalue weighted by Gasteiger charge is -2.08. The molecule has 1 N–H and O–H groups in total. The standard InChI is InChI=1S/C17H15N3O4S/c1-10-7-13(14(20(22)23)8-11(10)2)18-16(21)9-25-17-19-12-5-3-4-6-15(12)24-17/h3-8H,9H2,1-2H3,(H,18,21). The number of carbonyl (C=O) groups is 1. The van der Waals surface area contributed by atoms with Crippen molar-refractivity contribution in [2.45, 2.75) is 19.1 Å². The van der Waals surface area contributed by atoms with Crippen LogP contribution < -0.4 is 5.32 Å². The van der Waals surface area contributed by atoms with Crippen LogP contribution in [-0.2, 0) is 4.79 Å². The molecule has 0 saturated heterocycles. The van der Waals surface area contributed by atoms with Crippen molar-refractivity contribution in [2.75, 3.05) is 11.1 Å². The molecule has 2 aromatic carbocycles. The summed E-state index contributed by atoms with van der Waals surface area (Å²) in [5.41, 5.74) is 3.10. The van der Waals surface area contributed by atoms with Crippen molar-refractivity contribution in [2.24, 2.45) is 0 Å². The fourth-order valence-corrected chi connectivity index (χ4v) is 2.92. The number of para-hydroxylation sites is 2. The first kappa shape index (κ1) is 17.0. The summed E-state index contributed by atoms with van der Waals surface area (Å²) < 4.78 is 5.53. The number of nitrogens with one attached hydrogen (secondary N) is 1. The molecule has 1 heterocycles. The molecule has 1 amide bonds. The van der Waals surface area contributed by atoms with Gasteiger partial charge >= 0.3 is 0 Å². The average molecular weight is 357 g/mol. The third-order valence-corrected chi connectivity index (χ3v) is 4.51. The van der Waals surface area contributed by atoms with Crippen LogP contribution >= 0.6 is 11.8 Å². The van der Waals surface area contributed by atoms with Crippen LogP contribution in [0.15, 0.2) is 46.0 Å². The van der Waals surface area contributed by atoms with Crippen molar-refractivity contribution >= 4 is 40.1 Å². The van der Waals surface area contributed by atoms with Crippen LogP contribution in [0.5, 0.6) is 0 Å². The van der Waals surface area contributed by atoms with E-state index in [1.54, 1.807) is 19.1 Å². The molecule has 0 atom stereocenters. The Morgan fingerprint density at radius 3 is 2.72 bits per heavy atom. The molecule has 0 fully saturated rings. The maximum Gasteiger partial charge on any atom is 0.293 e. The molecule has 7 nitrogen and oxygen atoms in total. The summed E-state index contributed by atoms with van der Waals surface area (Å²) in [5.74, 6) is -0.324. The second kappa shape index (κ2) is 6.94. The molecule has 0 aliphatic heterocycles. The summed E-state index contributed by atoms with van der Waals surface area (Å²) in [4.78, 5) is 27.1. The Hall–Kier alpha value is -2.87. The highest BCUT2D eigenvalue weighted by molar-refractivity contribution is 7.99. The number of rotatable bonds is 5. The highest BCUT2D eigenvalue weighted by Gasteiger charge is 2.18. The zero-order chi connectivity index (χ0) is 18.0. The number of nitrogens with zero attached hydrogens (tertiary/aromatic N) is 2. The van der Waals surface area contributed by atoms with Gasteiger partial charge in [-0.1, -0.05) is 23.9 Å². The summed E-state index contributed by atoms with van der Waals surface area (Å²) in [6.45, 7) is 3.62. The predicted octanol–water partition coefficient (Wildman–Crippen LogP) is 4.08. The van der Waals surface area contributed by atoms with E-state index in [1.807, 2.05) is 25.1 Å². The van der Waals surface area contributed by atoms with Crippen molar-refractivity contribution in [1.29, 1.82) is 0 Å². The number of hydrogen-bond donors (Lipinski definition) is 1. The van der Waals surface area contributed by atoms with Crippen LogP contribution in [0.4, 0.5) is 11.4 Å². The number of fused-ring (bicyclic) bond motifs is 1. The number of oxazole rings is 1. The molecule has 0 bridgehead atoms. The lowest BCUT2D eigenvalue weighted by Crippen LogP contribution is -2.15. The quantitative estimate of drug-likeness (QED) is 0.420. The smallest absolute Gasteiger partial charge is 0.293 e. The van der Waals surface area contributed by atoms with Gasteiger partial charge in [-0.15, -0.1) is 0 Å². The van der Waals surface area contributed by atoms with E-state index in [2.05, 4.69) is 10.3 Å². The number of aromatic nitrogens is 1. The first-order valence-electron chi connectivity index (χ1n) is 7.48. The van der Waals surface area contributed by atoms with Crippen LogP contribution in [0.25, 0.3) is 11.1 Å². The van der Waals surface area contributed by atoms with Gasteiger partial charge in [0.25, 0.3) is 10.9 Å². The van der Waals surface area contributed by atoms with Gasteiger partial charge in [0, 0.05) is 6.07 Å². The number of thioether (sulfide) groups is 1. The monoisotopic (exact) mass is 357 g/mol. The van der Waals surface area contributed by atoms with Gasteiger partial charge in [-0.2, -0.15) is 0 Å². The summed E-state index contributed by atoms with van der Waals surface area (Å²) in [6.07, 6.45) is 0. The van der Waals surface area contributed by atoms with Gasteiger partial charge in [-0.25, -0.2) is 4.98 Å². The zero-order valence-corrected chi connectivity index (χ0v) is 14.4. The minimum absolute atomic E-state index is 0.0386. The number of benzene rings is 2. The van der Waals surface area contributed by atoms with E-state index in [-0.39, 0.29) is 23.0 Å². The first-order valence-corrected chi connectivity index (χ1v) is 8.46. The number of aryl methyl sites for hydroxylation is 2. The third-order valence-electron chi connectivity index (χ3n) is 3.68. The summed E-state index contributed by atoms with van der Waals surface area (Å²) in [5, 5.41) is 14.1. The van der Waals surface area contributed by atoms with Crippen molar-refractivity contribution in [1.82, 2.24) is 4.98 Å². The van der Waals surface area contributed by atoms with Gasteiger partial charge in [0.1, 0.15) is 11.2 Å². The Balaban J connectivity index is 1.70. The van der Waals surface area contributed by atoms with Crippen LogP contribution in [0.1, 0.15) is 11.1 Å². The maximum atomic E-state index is 12.1. The average Bonchev–Trinajstić information content (AvgIpc) is 2.99. The third kappa shape index (κ3) is 3.80. The summed E-state index contributed by atoms with van der Waals surface area (Å²) in [7, 11) is 0. The molecule has 0 radical (unpaired) electrons. The molecule has 1 aromatic heterocycles. The van der Waals surface area contributed by atoms with Crippen molar-refractivity contribution < 1.29 is 14.1 Å². The largest absolute Gasteiger partial charge is 0.431 e. The van der Waals surface area contributed by atoms with Gasteiger partial charge < -0.3 is 9.73 Å². The Bertz CT molecular complexity index is 935. The lowest BCUT2D eigenvalue weighted by atomic mass is 10.1. The van der Waals surface area contributed by atoms with Crippen LogP contribution in [0.2, 0.25) is 0 Å². The molecular weight excluding hydrogens is 342 g/mol. The van der Waals surface area contributed by atoms with Crippen LogP contribution in [0, 0.1) is 24.0 Å². The lowest BCUT2D eigenvalue weighted by molar-refractivity contribution is -0.384. The SMILES string of the molecule is Cc1cc(NC(=O)CSc2nc3ccccc3o2)c([N+](=O)[O-])cc1C. The Morgan fingerprint density at radius 1 is 1.28 bits per heavy atom. The van der Waals surface area contributed by atoms with Crippen LogP contribution in [-0.4, -0.2) is 21.6 Å². The van der Waals surface area contributed by atoms with Crippen LogP contribution in [0.3, 0.4) is 0 Å². The van der Waals surface area contributed by atoms with E-state index < -0.39 is 4.92 Å². The van der Waals surface area contributed by atoms with E-state index in [4.69, 9.17) is 4.42 Å². The topological polar surface area (TPSA) is 98.3 Å². The van der Waals surface area contributed by atoms with Gasteiger partial charge in [-0.05, 0) is 43.2 Å². The number of carbonyl (C=O) groups excluding carboxylic acids is 1. The molecule has 3 aromatic rings. The number of hydrogen-bond acceptors (Lipinski definition) is 6.